The topological polar surface area (TPSA) is 41.1 Å². The predicted octanol–water partition coefficient (Wildman–Crippen LogP) is 2.04. The van der Waals surface area contributed by atoms with E-state index in [1.165, 1.54) is 6.07 Å². The summed E-state index contributed by atoms with van der Waals surface area (Å²) in [6, 6.07) is 4.79. The first-order valence-corrected chi connectivity index (χ1v) is 5.94. The van der Waals surface area contributed by atoms with E-state index in [4.69, 9.17) is 0 Å². The van der Waals surface area contributed by atoms with Crippen molar-refractivity contribution in [2.24, 2.45) is 0 Å². The molecule has 1 amide bonds. The second kappa shape index (κ2) is 6.71. The Hall–Kier alpha value is -1.13. The minimum Gasteiger partial charge on any atom is -0.349 e. The van der Waals surface area contributed by atoms with Crippen LogP contribution in [0.5, 0.6) is 0 Å². The molecule has 5 heteroatoms. The predicted molar refractivity (Wildman–Crippen MR) is 71.7 cm³/mol. The first-order valence-electron chi connectivity index (χ1n) is 5.94. The maximum Gasteiger partial charge on any atom is 0.251 e. The number of nitrogens with one attached hydrogen (secondary N) is 2. The third-order valence-corrected chi connectivity index (χ3v) is 3.11. The zero-order valence-electron chi connectivity index (χ0n) is 10.3. The molecule has 3 nitrogen and oxygen atoms in total. The Balaban J connectivity index is 0.00000162. The Kier molecular flexibility index (Phi) is 5.56. The third-order valence-electron chi connectivity index (χ3n) is 3.11. The zero-order valence-corrected chi connectivity index (χ0v) is 11.1. The van der Waals surface area contributed by atoms with E-state index in [-0.39, 0.29) is 30.2 Å². The molecule has 0 spiro atoms. The standard InChI is InChI=1S/C13H17FN2O.ClH/c1-9-2-3-10(8-12(9)14)13(17)16-11-4-6-15-7-5-11;/h2-3,8,11,15H,4-7H2,1H3,(H,16,17);1H. The Labute approximate surface area is 113 Å². The van der Waals surface area contributed by atoms with E-state index in [1.54, 1.807) is 19.1 Å². The van der Waals surface area contributed by atoms with Crippen LogP contribution in [0.15, 0.2) is 18.2 Å². The number of hydrogen-bond acceptors (Lipinski definition) is 2. The molecule has 1 aromatic carbocycles. The number of hydrogen-bond donors (Lipinski definition) is 2. The van der Waals surface area contributed by atoms with Crippen molar-refractivity contribution in [2.75, 3.05) is 13.1 Å². The van der Waals surface area contributed by atoms with E-state index in [1.807, 2.05) is 0 Å². The molecule has 2 rings (SSSR count). The number of aryl methyl sites for hydroxylation is 1. The molecule has 0 radical (unpaired) electrons. The summed E-state index contributed by atoms with van der Waals surface area (Å²) in [6.07, 6.45) is 1.86. The van der Waals surface area contributed by atoms with Crippen LogP contribution in [-0.4, -0.2) is 25.0 Å². The minimum atomic E-state index is -0.331. The van der Waals surface area contributed by atoms with Crippen LogP contribution in [0.3, 0.4) is 0 Å². The van der Waals surface area contributed by atoms with Crippen molar-refractivity contribution in [1.82, 2.24) is 10.6 Å². The smallest absolute Gasteiger partial charge is 0.251 e. The summed E-state index contributed by atoms with van der Waals surface area (Å²) in [5.41, 5.74) is 0.954. The fourth-order valence-corrected chi connectivity index (χ4v) is 1.97. The van der Waals surface area contributed by atoms with Crippen LogP contribution in [0.4, 0.5) is 4.39 Å². The maximum atomic E-state index is 13.3. The van der Waals surface area contributed by atoms with Crippen molar-refractivity contribution in [3.05, 3.63) is 35.1 Å². The van der Waals surface area contributed by atoms with Crippen LogP contribution < -0.4 is 10.6 Å². The second-order valence-corrected chi connectivity index (χ2v) is 4.46. The molecule has 0 aliphatic carbocycles. The third kappa shape index (κ3) is 3.68. The van der Waals surface area contributed by atoms with Crippen LogP contribution in [0, 0.1) is 12.7 Å². The molecule has 1 fully saturated rings. The van der Waals surface area contributed by atoms with Gasteiger partial charge in [0.25, 0.3) is 5.91 Å². The Bertz CT molecular complexity index is 419. The molecule has 18 heavy (non-hydrogen) atoms. The van der Waals surface area contributed by atoms with Gasteiger partial charge in [-0.1, -0.05) is 6.07 Å². The van der Waals surface area contributed by atoms with Gasteiger partial charge < -0.3 is 10.6 Å². The van der Waals surface area contributed by atoms with E-state index in [2.05, 4.69) is 10.6 Å². The van der Waals surface area contributed by atoms with Crippen molar-refractivity contribution < 1.29 is 9.18 Å². The van der Waals surface area contributed by atoms with Gasteiger partial charge in [0.1, 0.15) is 5.82 Å². The van der Waals surface area contributed by atoms with Gasteiger partial charge in [0, 0.05) is 11.6 Å². The highest BCUT2D eigenvalue weighted by molar-refractivity contribution is 5.94. The maximum absolute atomic E-state index is 13.3. The highest BCUT2D eigenvalue weighted by Crippen LogP contribution is 2.10. The molecule has 1 aromatic rings. The van der Waals surface area contributed by atoms with E-state index in [0.717, 1.165) is 25.9 Å². The van der Waals surface area contributed by atoms with Crippen molar-refractivity contribution in [1.29, 1.82) is 0 Å². The normalized spacial score (nSPS) is 15.9. The molecule has 0 atom stereocenters. The summed E-state index contributed by atoms with van der Waals surface area (Å²) in [5, 5.41) is 6.17. The van der Waals surface area contributed by atoms with Crippen LogP contribution in [0.1, 0.15) is 28.8 Å². The Morgan fingerprint density at radius 3 is 2.67 bits per heavy atom. The highest BCUT2D eigenvalue weighted by atomic mass is 35.5. The molecule has 0 aromatic heterocycles. The summed E-state index contributed by atoms with van der Waals surface area (Å²) in [7, 11) is 0. The molecule has 100 valence electrons. The molecule has 0 bridgehead atoms. The molecule has 0 saturated carbocycles. The summed E-state index contributed by atoms with van der Waals surface area (Å²) in [4.78, 5) is 11.9. The van der Waals surface area contributed by atoms with Crippen LogP contribution >= 0.6 is 12.4 Å². The quantitative estimate of drug-likeness (QED) is 0.865. The molecule has 1 saturated heterocycles. The average Bonchev–Trinajstić information content (AvgIpc) is 2.34. The first kappa shape index (κ1) is 14.9. The SMILES string of the molecule is Cc1ccc(C(=O)NC2CCNCC2)cc1F.Cl. The van der Waals surface area contributed by atoms with Crippen LogP contribution in [0.25, 0.3) is 0 Å². The Morgan fingerprint density at radius 1 is 1.39 bits per heavy atom. The molecule has 2 N–H and O–H groups in total. The van der Waals surface area contributed by atoms with E-state index >= 15 is 0 Å². The van der Waals surface area contributed by atoms with Gasteiger partial charge in [-0.2, -0.15) is 0 Å². The van der Waals surface area contributed by atoms with Crippen LogP contribution in [0.2, 0.25) is 0 Å². The molecular weight excluding hydrogens is 255 g/mol. The monoisotopic (exact) mass is 272 g/mol. The number of benzene rings is 1. The average molecular weight is 273 g/mol. The van der Waals surface area contributed by atoms with E-state index in [9.17, 15) is 9.18 Å². The van der Waals surface area contributed by atoms with Crippen molar-refractivity contribution >= 4 is 18.3 Å². The number of halogens is 2. The summed E-state index contributed by atoms with van der Waals surface area (Å²) >= 11 is 0. The second-order valence-electron chi connectivity index (χ2n) is 4.46. The van der Waals surface area contributed by atoms with Gasteiger partial charge in [-0.25, -0.2) is 4.39 Å². The zero-order chi connectivity index (χ0) is 12.3. The largest absolute Gasteiger partial charge is 0.349 e. The van der Waals surface area contributed by atoms with Crippen LogP contribution in [-0.2, 0) is 0 Å². The van der Waals surface area contributed by atoms with E-state index in [0.29, 0.717) is 11.1 Å². The van der Waals surface area contributed by atoms with E-state index < -0.39 is 0 Å². The molecular formula is C13H18ClFN2O. The van der Waals surface area contributed by atoms with Crippen molar-refractivity contribution in [3.8, 4) is 0 Å². The lowest BCUT2D eigenvalue weighted by Crippen LogP contribution is -2.42. The number of piperidine rings is 1. The van der Waals surface area contributed by atoms with Gasteiger partial charge in [0.15, 0.2) is 0 Å². The summed E-state index contributed by atoms with van der Waals surface area (Å²) in [6.45, 7) is 3.53. The minimum absolute atomic E-state index is 0. The lowest BCUT2D eigenvalue weighted by atomic mass is 10.1. The van der Waals surface area contributed by atoms with Crippen molar-refractivity contribution in [3.63, 3.8) is 0 Å². The molecule has 1 heterocycles. The fraction of sp³-hybridized carbons (Fsp3) is 0.462. The number of carbonyl (C=O) groups is 1. The first-order chi connectivity index (χ1) is 8.16. The van der Waals surface area contributed by atoms with Gasteiger partial charge >= 0.3 is 0 Å². The van der Waals surface area contributed by atoms with Crippen molar-refractivity contribution in [2.45, 2.75) is 25.8 Å². The van der Waals surface area contributed by atoms with Gasteiger partial charge in [-0.15, -0.1) is 12.4 Å². The molecule has 1 aliphatic rings. The van der Waals surface area contributed by atoms with Gasteiger partial charge in [0.2, 0.25) is 0 Å². The molecule has 0 unspecified atom stereocenters. The Morgan fingerprint density at radius 2 is 2.06 bits per heavy atom. The number of amides is 1. The summed E-state index contributed by atoms with van der Waals surface area (Å²) in [5.74, 6) is -0.515. The highest BCUT2D eigenvalue weighted by Gasteiger charge is 2.16. The van der Waals surface area contributed by atoms with Gasteiger partial charge in [-0.05, 0) is 50.6 Å². The molecule has 1 aliphatic heterocycles. The lowest BCUT2D eigenvalue weighted by Gasteiger charge is -2.23. The summed E-state index contributed by atoms with van der Waals surface area (Å²) < 4.78 is 13.3. The van der Waals surface area contributed by atoms with Gasteiger partial charge in [-0.3, -0.25) is 4.79 Å². The van der Waals surface area contributed by atoms with Gasteiger partial charge in [0.05, 0.1) is 0 Å². The number of carbonyl (C=O) groups excluding carboxylic acids is 1. The lowest BCUT2D eigenvalue weighted by molar-refractivity contribution is 0.0929. The number of rotatable bonds is 2. The fourth-order valence-electron chi connectivity index (χ4n) is 1.97.